The summed E-state index contributed by atoms with van der Waals surface area (Å²) in [6.45, 7) is 0. The molecule has 3 aromatic carbocycles. The van der Waals surface area contributed by atoms with E-state index in [-0.39, 0.29) is 11.4 Å². The lowest BCUT2D eigenvalue weighted by Gasteiger charge is -2.02. The van der Waals surface area contributed by atoms with Crippen molar-refractivity contribution in [3.63, 3.8) is 0 Å². The van der Waals surface area contributed by atoms with Crippen LogP contribution in [0.1, 0.15) is 0 Å². The van der Waals surface area contributed by atoms with Crippen LogP contribution in [0.25, 0.3) is 22.4 Å². The van der Waals surface area contributed by atoms with Crippen LogP contribution in [-0.2, 0) is 0 Å². The Morgan fingerprint density at radius 2 is 1.67 bits per heavy atom. The molecular formula is C19H13N5O3. The zero-order valence-corrected chi connectivity index (χ0v) is 13.9. The lowest BCUT2D eigenvalue weighted by molar-refractivity contribution is -0.384. The number of nitro benzene ring substituents is 1. The van der Waals surface area contributed by atoms with Crippen molar-refractivity contribution in [3.05, 3.63) is 76.8 Å². The van der Waals surface area contributed by atoms with Crippen LogP contribution in [0.5, 0.6) is 5.75 Å². The van der Waals surface area contributed by atoms with Crippen molar-refractivity contribution >= 4 is 28.1 Å². The van der Waals surface area contributed by atoms with Gasteiger partial charge in [-0.05, 0) is 42.5 Å². The number of aromatic amines is 1. The SMILES string of the molecule is O=[N+]([O-])c1ccc(N=Nc2ccc(O)c(-c3nc4ccccc4[nH]3)c2)cc1. The summed E-state index contributed by atoms with van der Waals surface area (Å²) >= 11 is 0. The first-order valence-corrected chi connectivity index (χ1v) is 8.04. The van der Waals surface area contributed by atoms with E-state index in [1.54, 1.807) is 12.1 Å². The summed E-state index contributed by atoms with van der Waals surface area (Å²) in [6.07, 6.45) is 0. The van der Waals surface area contributed by atoms with E-state index in [0.29, 0.717) is 22.8 Å². The highest BCUT2D eigenvalue weighted by atomic mass is 16.6. The van der Waals surface area contributed by atoms with Crippen molar-refractivity contribution in [1.82, 2.24) is 9.97 Å². The molecule has 2 N–H and O–H groups in total. The summed E-state index contributed by atoms with van der Waals surface area (Å²) in [5, 5.41) is 29.1. The van der Waals surface area contributed by atoms with E-state index in [2.05, 4.69) is 20.2 Å². The molecule has 0 fully saturated rings. The van der Waals surface area contributed by atoms with Crippen molar-refractivity contribution < 1.29 is 10.0 Å². The zero-order valence-electron chi connectivity index (χ0n) is 13.9. The number of aromatic nitrogens is 2. The predicted octanol–water partition coefficient (Wildman–Crippen LogP) is 5.26. The van der Waals surface area contributed by atoms with Gasteiger partial charge in [0.2, 0.25) is 0 Å². The second kappa shape index (κ2) is 6.68. The molecule has 0 amide bonds. The molecule has 1 aromatic heterocycles. The summed E-state index contributed by atoms with van der Waals surface area (Å²) in [5.41, 5.74) is 3.16. The lowest BCUT2D eigenvalue weighted by Crippen LogP contribution is -1.85. The Hall–Kier alpha value is -4.07. The van der Waals surface area contributed by atoms with Crippen molar-refractivity contribution in [2.75, 3.05) is 0 Å². The first-order chi connectivity index (χ1) is 13.1. The predicted molar refractivity (Wildman–Crippen MR) is 100 cm³/mol. The van der Waals surface area contributed by atoms with E-state index >= 15 is 0 Å². The highest BCUT2D eigenvalue weighted by Crippen LogP contribution is 2.33. The number of nitrogens with zero attached hydrogens (tertiary/aromatic N) is 4. The minimum absolute atomic E-state index is 0.00856. The lowest BCUT2D eigenvalue weighted by atomic mass is 10.1. The Kier molecular flexibility index (Phi) is 4.06. The van der Waals surface area contributed by atoms with Crippen molar-refractivity contribution in [3.8, 4) is 17.1 Å². The minimum Gasteiger partial charge on any atom is -0.507 e. The van der Waals surface area contributed by atoms with Gasteiger partial charge >= 0.3 is 0 Å². The Bertz CT molecular complexity index is 1130. The number of nitrogens with one attached hydrogen (secondary N) is 1. The van der Waals surface area contributed by atoms with Gasteiger partial charge in [0.25, 0.3) is 5.69 Å². The summed E-state index contributed by atoms with van der Waals surface area (Å²) in [4.78, 5) is 17.8. The monoisotopic (exact) mass is 359 g/mol. The van der Waals surface area contributed by atoms with Gasteiger partial charge in [-0.1, -0.05) is 12.1 Å². The third-order valence-electron chi connectivity index (χ3n) is 3.97. The number of para-hydroxylation sites is 2. The Balaban J connectivity index is 1.64. The fourth-order valence-corrected chi connectivity index (χ4v) is 2.61. The highest BCUT2D eigenvalue weighted by Gasteiger charge is 2.10. The van der Waals surface area contributed by atoms with E-state index < -0.39 is 4.92 Å². The van der Waals surface area contributed by atoms with Gasteiger partial charge in [-0.15, -0.1) is 0 Å². The number of azo groups is 1. The molecule has 0 bridgehead atoms. The average molecular weight is 359 g/mol. The number of fused-ring (bicyclic) bond motifs is 1. The Morgan fingerprint density at radius 3 is 2.41 bits per heavy atom. The first-order valence-electron chi connectivity index (χ1n) is 8.04. The minimum atomic E-state index is -0.472. The number of non-ortho nitro benzene ring substituents is 1. The molecule has 0 aliphatic carbocycles. The molecule has 0 atom stereocenters. The molecule has 27 heavy (non-hydrogen) atoms. The number of hydrogen-bond acceptors (Lipinski definition) is 6. The number of benzene rings is 3. The van der Waals surface area contributed by atoms with Gasteiger partial charge in [0, 0.05) is 12.1 Å². The zero-order chi connectivity index (χ0) is 18.8. The van der Waals surface area contributed by atoms with Crippen LogP contribution < -0.4 is 0 Å². The molecule has 0 radical (unpaired) electrons. The summed E-state index contributed by atoms with van der Waals surface area (Å²) < 4.78 is 0. The van der Waals surface area contributed by atoms with Crippen LogP contribution in [0, 0.1) is 10.1 Å². The van der Waals surface area contributed by atoms with Crippen molar-refractivity contribution in [1.29, 1.82) is 0 Å². The van der Waals surface area contributed by atoms with Gasteiger partial charge in [-0.25, -0.2) is 4.98 Å². The standard InChI is InChI=1S/C19H13N5O3/c25-18-10-7-13(23-22-12-5-8-14(9-6-12)24(26)27)11-15(18)19-20-16-3-1-2-4-17(16)21-19/h1-11,25H,(H,20,21). The van der Waals surface area contributed by atoms with Crippen LogP contribution in [0.4, 0.5) is 17.1 Å². The van der Waals surface area contributed by atoms with Gasteiger partial charge in [0.15, 0.2) is 0 Å². The van der Waals surface area contributed by atoms with Crippen LogP contribution in [0.2, 0.25) is 0 Å². The fourth-order valence-electron chi connectivity index (χ4n) is 2.61. The number of rotatable bonds is 4. The molecule has 0 aliphatic rings. The molecule has 8 nitrogen and oxygen atoms in total. The smallest absolute Gasteiger partial charge is 0.269 e. The molecular weight excluding hydrogens is 346 g/mol. The summed E-state index contributed by atoms with van der Waals surface area (Å²) in [5.74, 6) is 0.601. The first kappa shape index (κ1) is 16.4. The molecule has 0 unspecified atom stereocenters. The Morgan fingerprint density at radius 1 is 0.963 bits per heavy atom. The molecule has 0 spiro atoms. The summed E-state index contributed by atoms with van der Waals surface area (Å²) in [6, 6.07) is 18.2. The second-order valence-electron chi connectivity index (χ2n) is 5.78. The van der Waals surface area contributed by atoms with Gasteiger partial charge in [-0.3, -0.25) is 10.1 Å². The van der Waals surface area contributed by atoms with E-state index in [9.17, 15) is 15.2 Å². The highest BCUT2D eigenvalue weighted by molar-refractivity contribution is 5.81. The van der Waals surface area contributed by atoms with Gasteiger partial charge in [-0.2, -0.15) is 10.2 Å². The van der Waals surface area contributed by atoms with E-state index in [1.807, 2.05) is 24.3 Å². The number of nitro groups is 1. The molecule has 4 aromatic rings. The van der Waals surface area contributed by atoms with Crippen LogP contribution in [0.3, 0.4) is 0 Å². The number of phenolic OH excluding ortho intramolecular Hbond substituents is 1. The second-order valence-corrected chi connectivity index (χ2v) is 5.78. The third kappa shape index (κ3) is 3.36. The fraction of sp³-hybridized carbons (Fsp3) is 0. The molecule has 8 heteroatoms. The quantitative estimate of drug-likeness (QED) is 0.293. The number of H-pyrrole nitrogens is 1. The average Bonchev–Trinajstić information content (AvgIpc) is 3.11. The van der Waals surface area contributed by atoms with E-state index in [4.69, 9.17) is 0 Å². The molecule has 0 saturated heterocycles. The molecule has 132 valence electrons. The van der Waals surface area contributed by atoms with E-state index in [1.165, 1.54) is 30.3 Å². The Labute approximate surface area is 153 Å². The number of phenols is 1. The van der Waals surface area contributed by atoms with Gasteiger partial charge in [0.1, 0.15) is 11.6 Å². The molecule has 4 rings (SSSR count). The van der Waals surface area contributed by atoms with E-state index in [0.717, 1.165) is 11.0 Å². The number of aromatic hydroxyl groups is 1. The summed E-state index contributed by atoms with van der Waals surface area (Å²) in [7, 11) is 0. The number of imidazole rings is 1. The maximum atomic E-state index is 10.7. The molecule has 1 heterocycles. The van der Waals surface area contributed by atoms with Gasteiger partial charge < -0.3 is 10.1 Å². The maximum absolute atomic E-state index is 10.7. The van der Waals surface area contributed by atoms with Crippen LogP contribution in [-0.4, -0.2) is 20.0 Å². The third-order valence-corrected chi connectivity index (χ3v) is 3.97. The van der Waals surface area contributed by atoms with Crippen molar-refractivity contribution in [2.45, 2.75) is 0 Å². The molecule has 0 aliphatic heterocycles. The number of hydrogen-bond donors (Lipinski definition) is 2. The van der Waals surface area contributed by atoms with Gasteiger partial charge in [0.05, 0.1) is 32.9 Å². The molecule has 0 saturated carbocycles. The van der Waals surface area contributed by atoms with Crippen LogP contribution >= 0.6 is 0 Å². The largest absolute Gasteiger partial charge is 0.507 e. The normalized spacial score (nSPS) is 11.3. The van der Waals surface area contributed by atoms with Crippen LogP contribution in [0.15, 0.2) is 77.0 Å². The topological polar surface area (TPSA) is 117 Å². The maximum Gasteiger partial charge on any atom is 0.269 e. The van der Waals surface area contributed by atoms with Crippen molar-refractivity contribution in [2.24, 2.45) is 10.2 Å².